The van der Waals surface area contributed by atoms with Gasteiger partial charge in [-0.15, -0.1) is 11.3 Å². The third kappa shape index (κ3) is 5.80. The van der Waals surface area contributed by atoms with Gasteiger partial charge in [-0.25, -0.2) is 24.1 Å². The van der Waals surface area contributed by atoms with Crippen LogP contribution in [0.5, 0.6) is 0 Å². The van der Waals surface area contributed by atoms with Gasteiger partial charge in [-0.1, -0.05) is 12.1 Å². The Balaban J connectivity index is 0.000000455. The molecule has 5 aromatic rings. The van der Waals surface area contributed by atoms with E-state index < -0.39 is 24.0 Å². The molecule has 2 saturated heterocycles. The maximum Gasteiger partial charge on any atom is 0.490 e. The zero-order valence-corrected chi connectivity index (χ0v) is 25.4. The fourth-order valence-corrected chi connectivity index (χ4v) is 6.68. The van der Waals surface area contributed by atoms with E-state index in [0.29, 0.717) is 32.8 Å². The second kappa shape index (κ2) is 11.7. The van der Waals surface area contributed by atoms with E-state index in [2.05, 4.69) is 40.2 Å². The molecule has 1 amide bonds. The predicted molar refractivity (Wildman–Crippen MR) is 164 cm³/mol. The highest BCUT2D eigenvalue weighted by molar-refractivity contribution is 7.13. The highest BCUT2D eigenvalue weighted by Crippen LogP contribution is 2.37. The zero-order valence-electron chi connectivity index (χ0n) is 24.5. The Morgan fingerprint density at radius 1 is 1.11 bits per heavy atom. The standard InChI is InChI=1S/C28H26FN9OS.C2HF3O2/c29-22-19(17-4-6-21(32-10-17)37-14-28(15-37)12-30-13-28)5-3-18-11-38(35-23(18)22)25(26(39)34-27-31-7-9-40-27)24-20-2-1-8-36(20)16-33-24;3-2(4,5)1(6)7/h3-7,9-11,16,25,30H,1-2,8,12-15H2,(H,31,34,39);(H,6,7). The maximum absolute atomic E-state index is 15.9. The summed E-state index contributed by atoms with van der Waals surface area (Å²) < 4.78 is 51.3. The number of carboxylic acid groups (broad SMARTS) is 1. The van der Waals surface area contributed by atoms with Crippen molar-refractivity contribution in [3.8, 4) is 11.1 Å². The van der Waals surface area contributed by atoms with E-state index >= 15 is 4.39 Å². The largest absolute Gasteiger partial charge is 0.490 e. The van der Waals surface area contributed by atoms with E-state index in [-0.39, 0.29) is 11.4 Å². The first-order chi connectivity index (χ1) is 22.5. The molecule has 0 bridgehead atoms. The average Bonchev–Trinajstić information content (AvgIpc) is 3.79. The minimum absolute atomic E-state index is 0.201. The molecule has 1 aromatic carbocycles. The normalized spacial score (nSPS) is 17.0. The van der Waals surface area contributed by atoms with E-state index in [4.69, 9.17) is 9.90 Å². The van der Waals surface area contributed by atoms with Crippen molar-refractivity contribution in [2.45, 2.75) is 31.6 Å². The summed E-state index contributed by atoms with van der Waals surface area (Å²) in [5, 5.41) is 20.9. The molecule has 17 heteroatoms. The SMILES string of the molecule is O=C(Nc1nccs1)C(c1ncn2c1CCC2)n1cc2ccc(-c3ccc(N4CC5(CNC5)C4)nc3)c(F)c2n1.O=C(O)C(F)(F)F. The first-order valence-corrected chi connectivity index (χ1v) is 15.5. The third-order valence-electron chi connectivity index (χ3n) is 8.54. The highest BCUT2D eigenvalue weighted by Gasteiger charge is 2.48. The minimum atomic E-state index is -5.08. The topological polar surface area (TPSA) is 143 Å². The molecular weight excluding hydrogens is 642 g/mol. The van der Waals surface area contributed by atoms with Gasteiger partial charge in [-0.2, -0.15) is 18.3 Å². The van der Waals surface area contributed by atoms with Gasteiger partial charge in [0.05, 0.1) is 12.0 Å². The Kier molecular flexibility index (Phi) is 7.66. The van der Waals surface area contributed by atoms with Crippen molar-refractivity contribution in [1.29, 1.82) is 0 Å². The number of aliphatic carboxylic acids is 1. The Labute approximate surface area is 268 Å². The predicted octanol–water partition coefficient (Wildman–Crippen LogP) is 4.11. The van der Waals surface area contributed by atoms with E-state index in [1.54, 1.807) is 36.4 Å². The second-order valence-electron chi connectivity index (χ2n) is 11.7. The number of benzene rings is 1. The number of fused-ring (bicyclic) bond motifs is 2. The van der Waals surface area contributed by atoms with Crippen LogP contribution in [0.1, 0.15) is 23.9 Å². The van der Waals surface area contributed by atoms with Crippen molar-refractivity contribution in [2.75, 3.05) is 36.4 Å². The summed E-state index contributed by atoms with van der Waals surface area (Å²) in [5.74, 6) is -2.60. The summed E-state index contributed by atoms with van der Waals surface area (Å²) in [5.41, 5.74) is 3.35. The fourth-order valence-electron chi connectivity index (χ4n) is 6.15. The van der Waals surface area contributed by atoms with E-state index in [1.165, 1.54) is 16.0 Å². The van der Waals surface area contributed by atoms with Crippen molar-refractivity contribution in [2.24, 2.45) is 5.41 Å². The van der Waals surface area contributed by atoms with Gasteiger partial charge in [0.15, 0.2) is 17.0 Å². The molecule has 47 heavy (non-hydrogen) atoms. The quantitative estimate of drug-likeness (QED) is 0.228. The van der Waals surface area contributed by atoms with Gasteiger partial charge >= 0.3 is 12.1 Å². The van der Waals surface area contributed by atoms with Gasteiger partial charge in [0.2, 0.25) is 0 Å². The van der Waals surface area contributed by atoms with Crippen LogP contribution in [0.25, 0.3) is 22.0 Å². The van der Waals surface area contributed by atoms with Crippen LogP contribution in [0, 0.1) is 11.2 Å². The first kappa shape index (κ1) is 30.7. The number of hydrogen-bond acceptors (Lipinski definition) is 9. The number of thiazole rings is 1. The average molecular weight is 670 g/mol. The number of alkyl halides is 3. The monoisotopic (exact) mass is 669 g/mol. The van der Waals surface area contributed by atoms with Crippen LogP contribution in [0.4, 0.5) is 28.5 Å². The van der Waals surface area contributed by atoms with Crippen molar-refractivity contribution in [1.82, 2.24) is 34.6 Å². The van der Waals surface area contributed by atoms with Gasteiger partial charge in [-0.05, 0) is 25.0 Å². The number of rotatable bonds is 6. The molecule has 1 unspecified atom stereocenters. The maximum atomic E-state index is 15.9. The lowest BCUT2D eigenvalue weighted by atomic mass is 9.74. The van der Waals surface area contributed by atoms with Gasteiger partial charge in [0.1, 0.15) is 11.3 Å². The molecule has 0 aliphatic carbocycles. The number of aromatic nitrogens is 6. The van der Waals surface area contributed by atoms with Crippen LogP contribution in [0.2, 0.25) is 0 Å². The number of amides is 1. The van der Waals surface area contributed by atoms with E-state index in [0.717, 1.165) is 57.1 Å². The Bertz CT molecular complexity index is 1950. The summed E-state index contributed by atoms with van der Waals surface area (Å²) in [4.78, 5) is 38.1. The molecule has 1 spiro atoms. The molecule has 3 N–H and O–H groups in total. The van der Waals surface area contributed by atoms with Crippen LogP contribution in [-0.2, 0) is 22.6 Å². The first-order valence-electron chi connectivity index (χ1n) is 14.7. The van der Waals surface area contributed by atoms with Gasteiger partial charge in [0.25, 0.3) is 5.91 Å². The molecule has 12 nitrogen and oxygen atoms in total. The third-order valence-corrected chi connectivity index (χ3v) is 9.23. The second-order valence-corrected chi connectivity index (χ2v) is 12.6. The Hall–Kier alpha value is -4.90. The molecule has 244 valence electrons. The number of pyridine rings is 1. The van der Waals surface area contributed by atoms with Crippen molar-refractivity contribution in [3.63, 3.8) is 0 Å². The smallest absolute Gasteiger partial charge is 0.475 e. The summed E-state index contributed by atoms with van der Waals surface area (Å²) in [6.07, 6.45) is 3.57. The van der Waals surface area contributed by atoms with Crippen molar-refractivity contribution in [3.05, 3.63) is 71.8 Å². The van der Waals surface area contributed by atoms with E-state index in [9.17, 15) is 18.0 Å². The highest BCUT2D eigenvalue weighted by atomic mass is 32.1. The number of halogens is 4. The molecule has 8 rings (SSSR count). The number of carboxylic acids is 1. The van der Waals surface area contributed by atoms with Gasteiger partial charge in [-0.3, -0.25) is 14.8 Å². The van der Waals surface area contributed by atoms with Crippen LogP contribution < -0.4 is 15.5 Å². The molecule has 1 atom stereocenters. The van der Waals surface area contributed by atoms with Gasteiger partial charge in [0, 0.05) is 84.3 Å². The van der Waals surface area contributed by atoms with Crippen LogP contribution in [0.15, 0.2) is 54.6 Å². The molecule has 7 heterocycles. The lowest BCUT2D eigenvalue weighted by Gasteiger charge is -2.56. The van der Waals surface area contributed by atoms with Crippen LogP contribution in [0.3, 0.4) is 0 Å². The van der Waals surface area contributed by atoms with Crippen LogP contribution in [-0.4, -0.2) is 78.6 Å². The van der Waals surface area contributed by atoms with E-state index in [1.807, 2.05) is 18.2 Å². The van der Waals surface area contributed by atoms with Crippen molar-refractivity contribution < 1.29 is 32.3 Å². The zero-order chi connectivity index (χ0) is 32.9. The molecule has 0 saturated carbocycles. The number of aryl methyl sites for hydroxylation is 1. The molecule has 4 aromatic heterocycles. The van der Waals surface area contributed by atoms with Crippen molar-refractivity contribution >= 4 is 45.1 Å². The summed E-state index contributed by atoms with van der Waals surface area (Å²) in [6, 6.07) is 6.58. The fraction of sp³-hybridized carbons (Fsp3) is 0.333. The van der Waals surface area contributed by atoms with Gasteiger partial charge < -0.3 is 19.9 Å². The number of imidazole rings is 1. The number of nitrogens with zero attached hydrogens (tertiary/aromatic N) is 7. The lowest BCUT2D eigenvalue weighted by Crippen LogP contribution is -2.71. The molecule has 3 aliphatic rings. The molecule has 3 aliphatic heterocycles. The summed E-state index contributed by atoms with van der Waals surface area (Å²) >= 11 is 1.34. The Morgan fingerprint density at radius 2 is 1.89 bits per heavy atom. The molecular formula is C30H27F4N9O3S. The number of hydrogen-bond donors (Lipinski definition) is 3. The molecule has 0 radical (unpaired) electrons. The number of anilines is 2. The summed E-state index contributed by atoms with van der Waals surface area (Å²) in [7, 11) is 0. The number of nitrogens with one attached hydrogen (secondary N) is 2. The number of carbonyl (C=O) groups is 2. The van der Waals surface area contributed by atoms with Crippen LogP contribution >= 0.6 is 11.3 Å². The number of carbonyl (C=O) groups excluding carboxylic acids is 1. The Morgan fingerprint density at radius 3 is 2.53 bits per heavy atom. The molecule has 2 fully saturated rings. The summed E-state index contributed by atoms with van der Waals surface area (Å²) in [6.45, 7) is 5.00. The lowest BCUT2D eigenvalue weighted by molar-refractivity contribution is -0.192. The minimum Gasteiger partial charge on any atom is -0.475 e.